The minimum absolute atomic E-state index is 0.169. The second kappa shape index (κ2) is 9.29. The molecule has 2 aliphatic rings. The molecule has 0 saturated carbocycles. The molecule has 1 fully saturated rings. The number of nitrogens with one attached hydrogen (secondary N) is 1. The molecule has 1 atom stereocenters. The molecule has 0 radical (unpaired) electrons. The molecule has 176 valence electrons. The van der Waals surface area contributed by atoms with Gasteiger partial charge in [-0.25, -0.2) is 14.0 Å². The minimum Gasteiger partial charge on any atom is -0.444 e. The van der Waals surface area contributed by atoms with Gasteiger partial charge in [-0.15, -0.1) is 0 Å². The van der Waals surface area contributed by atoms with Crippen molar-refractivity contribution >= 4 is 29.2 Å². The molecule has 0 bridgehead atoms. The van der Waals surface area contributed by atoms with E-state index in [2.05, 4.69) is 5.32 Å². The van der Waals surface area contributed by atoms with Gasteiger partial charge in [0.25, 0.3) is 0 Å². The van der Waals surface area contributed by atoms with Crippen molar-refractivity contribution in [2.24, 2.45) is 5.92 Å². The maximum absolute atomic E-state index is 13.8. The van der Waals surface area contributed by atoms with Gasteiger partial charge in [0, 0.05) is 38.4 Å². The lowest BCUT2D eigenvalue weighted by Crippen LogP contribution is -2.48. The third-order valence-electron chi connectivity index (χ3n) is 5.86. The number of halogens is 1. The number of amides is 3. The first-order valence-electron chi connectivity index (χ1n) is 11.4. The monoisotopic (exact) mass is 454 g/mol. The summed E-state index contributed by atoms with van der Waals surface area (Å²) in [5.41, 5.74) is 1.88. The average molecular weight is 455 g/mol. The molecule has 2 aromatic carbocycles. The number of hydrogen-bond acceptors (Lipinski definition) is 4. The Hall–Kier alpha value is -3.29. The molecule has 8 heteroatoms. The highest BCUT2D eigenvalue weighted by Gasteiger charge is 2.31. The first-order chi connectivity index (χ1) is 15.7. The maximum Gasteiger partial charge on any atom is 0.410 e. The van der Waals surface area contributed by atoms with E-state index in [0.29, 0.717) is 32.7 Å². The molecule has 0 aliphatic carbocycles. The van der Waals surface area contributed by atoms with Gasteiger partial charge in [-0.05, 0) is 63.4 Å². The molecular formula is C25H31FN4O3. The molecule has 0 unspecified atom stereocenters. The number of benzene rings is 2. The van der Waals surface area contributed by atoms with Crippen molar-refractivity contribution in [3.05, 3.63) is 54.3 Å². The van der Waals surface area contributed by atoms with Gasteiger partial charge in [-0.1, -0.05) is 18.2 Å². The number of carbonyl (C=O) groups excluding carboxylic acids is 2. The van der Waals surface area contributed by atoms with Gasteiger partial charge in [-0.3, -0.25) is 4.90 Å². The smallest absolute Gasteiger partial charge is 0.410 e. The van der Waals surface area contributed by atoms with Crippen LogP contribution in [0.5, 0.6) is 0 Å². The van der Waals surface area contributed by atoms with Gasteiger partial charge in [0.1, 0.15) is 11.4 Å². The van der Waals surface area contributed by atoms with Crippen LogP contribution in [0.1, 0.15) is 27.2 Å². The first-order valence-corrected chi connectivity index (χ1v) is 11.4. The first kappa shape index (κ1) is 22.9. The third-order valence-corrected chi connectivity index (χ3v) is 5.86. The molecule has 33 heavy (non-hydrogen) atoms. The van der Waals surface area contributed by atoms with Crippen molar-refractivity contribution in [2.45, 2.75) is 32.8 Å². The number of hydrogen-bond donors (Lipinski definition) is 1. The third kappa shape index (κ3) is 5.38. The minimum atomic E-state index is -0.523. The fraction of sp³-hybridized carbons (Fsp3) is 0.440. The zero-order valence-electron chi connectivity index (χ0n) is 19.4. The second-order valence-corrected chi connectivity index (χ2v) is 9.54. The number of likely N-dealkylation sites (tertiary alicyclic amines) is 1. The van der Waals surface area contributed by atoms with Crippen LogP contribution in [0.3, 0.4) is 0 Å². The van der Waals surface area contributed by atoms with Crippen LogP contribution in [0, 0.1) is 11.7 Å². The lowest BCUT2D eigenvalue weighted by molar-refractivity contribution is 0.0288. The van der Waals surface area contributed by atoms with E-state index >= 15 is 0 Å². The summed E-state index contributed by atoms with van der Waals surface area (Å²) in [7, 11) is 0. The standard InChI is InChI=1S/C25H31FN4O3/c1-25(2,3)33-24(32)28-12-11-18(17-28)16-27-23(31)30-14-13-29(20-8-6-7-19(26)15-20)21-9-4-5-10-22(21)30/h4-10,15,18H,11-14,16-17H2,1-3H3,(H,27,31)/t18-/m1/s1. The summed E-state index contributed by atoms with van der Waals surface area (Å²) in [4.78, 5) is 30.8. The number of ether oxygens (including phenoxy) is 1. The van der Waals surface area contributed by atoms with Crippen molar-refractivity contribution in [3.8, 4) is 0 Å². The SMILES string of the molecule is CC(C)(C)OC(=O)N1CC[C@H](CNC(=O)N2CCN(c3cccc(F)c3)c3ccccc32)C1. The van der Waals surface area contributed by atoms with E-state index in [9.17, 15) is 14.0 Å². The predicted molar refractivity (Wildman–Crippen MR) is 127 cm³/mol. The summed E-state index contributed by atoms with van der Waals surface area (Å²) >= 11 is 0. The Morgan fingerprint density at radius 1 is 1.06 bits per heavy atom. The van der Waals surface area contributed by atoms with Crippen LogP contribution in [-0.2, 0) is 4.74 Å². The summed E-state index contributed by atoms with van der Waals surface area (Å²) in [6.45, 7) is 8.28. The zero-order valence-corrected chi connectivity index (χ0v) is 19.4. The van der Waals surface area contributed by atoms with Crippen LogP contribution in [0.4, 0.5) is 31.0 Å². The van der Waals surface area contributed by atoms with Crippen molar-refractivity contribution in [3.63, 3.8) is 0 Å². The van der Waals surface area contributed by atoms with Gasteiger partial charge in [0.15, 0.2) is 0 Å². The highest BCUT2D eigenvalue weighted by Crippen LogP contribution is 2.37. The van der Waals surface area contributed by atoms with Gasteiger partial charge >= 0.3 is 12.1 Å². The Kier molecular flexibility index (Phi) is 6.44. The highest BCUT2D eigenvalue weighted by molar-refractivity contribution is 5.97. The Labute approximate surface area is 194 Å². The van der Waals surface area contributed by atoms with Crippen LogP contribution >= 0.6 is 0 Å². The second-order valence-electron chi connectivity index (χ2n) is 9.54. The van der Waals surface area contributed by atoms with E-state index in [1.54, 1.807) is 15.9 Å². The zero-order chi connectivity index (χ0) is 23.6. The predicted octanol–water partition coefficient (Wildman–Crippen LogP) is 4.75. The molecule has 0 spiro atoms. The maximum atomic E-state index is 13.8. The average Bonchev–Trinajstić information content (AvgIpc) is 3.25. The molecule has 2 aromatic rings. The molecular weight excluding hydrogens is 423 g/mol. The summed E-state index contributed by atoms with van der Waals surface area (Å²) in [6, 6.07) is 14.0. The van der Waals surface area contributed by atoms with Crippen LogP contribution < -0.4 is 15.1 Å². The van der Waals surface area contributed by atoms with Crippen LogP contribution in [0.2, 0.25) is 0 Å². The quantitative estimate of drug-likeness (QED) is 0.727. The number of urea groups is 1. The van der Waals surface area contributed by atoms with E-state index in [0.717, 1.165) is 23.5 Å². The van der Waals surface area contributed by atoms with Crippen LogP contribution in [0.25, 0.3) is 0 Å². The molecule has 2 aliphatic heterocycles. The Bertz CT molecular complexity index is 1020. The Morgan fingerprint density at radius 2 is 1.82 bits per heavy atom. The summed E-state index contributed by atoms with van der Waals surface area (Å²) in [5, 5.41) is 3.04. The van der Waals surface area contributed by atoms with E-state index in [-0.39, 0.29) is 23.9 Å². The van der Waals surface area contributed by atoms with E-state index in [1.165, 1.54) is 12.1 Å². The Morgan fingerprint density at radius 3 is 2.55 bits per heavy atom. The fourth-order valence-corrected chi connectivity index (χ4v) is 4.30. The Balaban J connectivity index is 1.38. The molecule has 1 N–H and O–H groups in total. The topological polar surface area (TPSA) is 65.1 Å². The van der Waals surface area contributed by atoms with Crippen LogP contribution in [-0.4, -0.2) is 55.3 Å². The van der Waals surface area contributed by atoms with Crippen molar-refractivity contribution < 1.29 is 18.7 Å². The number of fused-ring (bicyclic) bond motifs is 1. The highest BCUT2D eigenvalue weighted by atomic mass is 19.1. The lowest BCUT2D eigenvalue weighted by atomic mass is 10.1. The normalized spacial score (nSPS) is 18.2. The van der Waals surface area contributed by atoms with Gasteiger partial charge in [-0.2, -0.15) is 0 Å². The number of anilines is 3. The molecule has 7 nitrogen and oxygen atoms in total. The molecule has 2 heterocycles. The van der Waals surface area contributed by atoms with Gasteiger partial charge in [0.05, 0.1) is 11.4 Å². The van der Waals surface area contributed by atoms with Crippen LogP contribution in [0.15, 0.2) is 48.5 Å². The van der Waals surface area contributed by atoms with Gasteiger partial charge < -0.3 is 19.9 Å². The summed E-state index contributed by atoms with van der Waals surface area (Å²) in [5.74, 6) is -0.104. The summed E-state index contributed by atoms with van der Waals surface area (Å²) < 4.78 is 19.2. The van der Waals surface area contributed by atoms with Crippen molar-refractivity contribution in [1.82, 2.24) is 10.2 Å². The molecule has 3 amide bonds. The molecule has 0 aromatic heterocycles. The fourth-order valence-electron chi connectivity index (χ4n) is 4.30. The lowest BCUT2D eigenvalue weighted by Gasteiger charge is -2.37. The molecule has 4 rings (SSSR count). The van der Waals surface area contributed by atoms with E-state index < -0.39 is 5.60 Å². The van der Waals surface area contributed by atoms with Crippen molar-refractivity contribution in [2.75, 3.05) is 42.5 Å². The van der Waals surface area contributed by atoms with E-state index in [1.807, 2.05) is 56.0 Å². The number of rotatable bonds is 3. The van der Waals surface area contributed by atoms with E-state index in [4.69, 9.17) is 4.74 Å². The summed E-state index contributed by atoms with van der Waals surface area (Å²) in [6.07, 6.45) is 0.516. The molecule has 1 saturated heterocycles. The number of nitrogens with zero attached hydrogens (tertiary/aromatic N) is 3. The number of para-hydroxylation sites is 2. The van der Waals surface area contributed by atoms with Gasteiger partial charge in [0.2, 0.25) is 0 Å². The largest absolute Gasteiger partial charge is 0.444 e. The number of carbonyl (C=O) groups is 2. The van der Waals surface area contributed by atoms with Crippen molar-refractivity contribution in [1.29, 1.82) is 0 Å².